The summed E-state index contributed by atoms with van der Waals surface area (Å²) in [5, 5.41) is 2.98. The number of hydrogen-bond donors (Lipinski definition) is 2. The van der Waals surface area contributed by atoms with Gasteiger partial charge in [0.15, 0.2) is 0 Å². The van der Waals surface area contributed by atoms with Gasteiger partial charge in [0.25, 0.3) is 0 Å². The Labute approximate surface area is 86.8 Å². The average Bonchev–Trinajstić information content (AvgIpc) is 2.52. The highest BCUT2D eigenvalue weighted by molar-refractivity contribution is 7.33. The van der Waals surface area contributed by atoms with Crippen molar-refractivity contribution in [1.29, 1.82) is 0 Å². The van der Waals surface area contributed by atoms with Gasteiger partial charge in [-0.3, -0.25) is 4.79 Å². The predicted octanol–water partition coefficient (Wildman–Crippen LogP) is 0.612. The molecule has 0 aromatic heterocycles. The summed E-state index contributed by atoms with van der Waals surface area (Å²) in [5.74, 6) is 0.0934. The third-order valence-corrected chi connectivity index (χ3v) is 3.28. The van der Waals surface area contributed by atoms with Gasteiger partial charge in [0.1, 0.15) is 0 Å². The number of carbonyl (C=O) groups excluding carboxylic acids is 1. The fraction of sp³-hybridized carbons (Fsp3) is 0.889. The van der Waals surface area contributed by atoms with Crippen LogP contribution in [0.3, 0.4) is 0 Å². The monoisotopic (exact) mass is 218 g/mol. The second-order valence-electron chi connectivity index (χ2n) is 3.59. The molecule has 1 aliphatic carbocycles. The summed E-state index contributed by atoms with van der Waals surface area (Å²) >= 11 is 0. The van der Waals surface area contributed by atoms with E-state index in [1.807, 2.05) is 6.92 Å². The Hall–Kier alpha value is -0.180. The number of amides is 1. The van der Waals surface area contributed by atoms with Crippen LogP contribution < -0.4 is 11.1 Å². The highest BCUT2D eigenvalue weighted by Gasteiger charge is 2.22. The Morgan fingerprint density at radius 1 is 1.64 bits per heavy atom. The molecule has 1 fully saturated rings. The minimum Gasteiger partial charge on any atom is -0.362 e. The molecular weight excluding hydrogens is 199 g/mol. The zero-order chi connectivity index (χ0) is 10.4. The molecule has 0 heterocycles. The SMILES string of the molecule is CCOPCC(=O)NC1CCC(N)C1. The molecule has 0 aromatic rings. The Bertz CT molecular complexity index is 190. The lowest BCUT2D eigenvalue weighted by atomic mass is 10.2. The molecule has 3 N–H and O–H groups in total. The van der Waals surface area contributed by atoms with E-state index in [1.165, 1.54) is 0 Å². The van der Waals surface area contributed by atoms with E-state index in [0.29, 0.717) is 18.8 Å². The van der Waals surface area contributed by atoms with Gasteiger partial charge in [-0.25, -0.2) is 0 Å². The Kier molecular flexibility index (Phi) is 5.38. The van der Waals surface area contributed by atoms with Crippen LogP contribution in [0.4, 0.5) is 0 Å². The second-order valence-corrected chi connectivity index (χ2v) is 4.52. The normalized spacial score (nSPS) is 27.3. The third-order valence-electron chi connectivity index (χ3n) is 2.32. The van der Waals surface area contributed by atoms with Crippen molar-refractivity contribution in [3.05, 3.63) is 0 Å². The molecule has 3 atom stereocenters. The molecule has 0 bridgehead atoms. The van der Waals surface area contributed by atoms with Gasteiger partial charge in [0, 0.05) is 27.5 Å². The van der Waals surface area contributed by atoms with Crippen molar-refractivity contribution < 1.29 is 9.32 Å². The molecule has 3 unspecified atom stereocenters. The van der Waals surface area contributed by atoms with Crippen molar-refractivity contribution in [2.24, 2.45) is 5.73 Å². The number of carbonyl (C=O) groups is 1. The molecule has 1 rings (SSSR count). The summed E-state index contributed by atoms with van der Waals surface area (Å²) in [6, 6.07) is 0.568. The van der Waals surface area contributed by atoms with E-state index in [-0.39, 0.29) is 20.8 Å². The summed E-state index contributed by atoms with van der Waals surface area (Å²) in [7, 11) is 0.286. The zero-order valence-corrected chi connectivity index (χ0v) is 9.58. The highest BCUT2D eigenvalue weighted by Crippen LogP contribution is 2.17. The first kappa shape index (κ1) is 11.9. The van der Waals surface area contributed by atoms with Crippen molar-refractivity contribution in [3.63, 3.8) is 0 Å². The topological polar surface area (TPSA) is 64.3 Å². The fourth-order valence-electron chi connectivity index (χ4n) is 1.64. The van der Waals surface area contributed by atoms with Crippen molar-refractivity contribution >= 4 is 14.7 Å². The molecule has 0 spiro atoms. The van der Waals surface area contributed by atoms with Crippen LogP contribution in [0.5, 0.6) is 0 Å². The van der Waals surface area contributed by atoms with Gasteiger partial charge >= 0.3 is 0 Å². The lowest BCUT2D eigenvalue weighted by molar-refractivity contribution is -0.119. The summed E-state index contributed by atoms with van der Waals surface area (Å²) in [6.45, 7) is 2.61. The lowest BCUT2D eigenvalue weighted by Gasteiger charge is -2.11. The molecule has 1 aliphatic rings. The van der Waals surface area contributed by atoms with Gasteiger partial charge in [0.2, 0.25) is 5.91 Å². The molecule has 5 heteroatoms. The lowest BCUT2D eigenvalue weighted by Crippen LogP contribution is -2.35. The molecule has 0 aliphatic heterocycles. The standard InChI is InChI=1S/C9H19N2O2P/c1-2-13-14-6-9(12)11-8-4-3-7(10)5-8/h7-8,14H,2-6,10H2,1H3,(H,11,12). The molecule has 4 nitrogen and oxygen atoms in total. The fourth-order valence-corrected chi connectivity index (χ4v) is 2.18. The second kappa shape index (κ2) is 6.33. The Morgan fingerprint density at radius 2 is 2.43 bits per heavy atom. The summed E-state index contributed by atoms with van der Waals surface area (Å²) in [5.41, 5.74) is 5.75. The van der Waals surface area contributed by atoms with Crippen LogP contribution in [0.2, 0.25) is 0 Å². The van der Waals surface area contributed by atoms with Crippen molar-refractivity contribution in [1.82, 2.24) is 5.32 Å². The van der Waals surface area contributed by atoms with Gasteiger partial charge in [0.05, 0.1) is 6.16 Å². The number of rotatable bonds is 5. The van der Waals surface area contributed by atoms with Gasteiger partial charge in [-0.1, -0.05) is 0 Å². The average molecular weight is 218 g/mol. The molecule has 0 aromatic carbocycles. The predicted molar refractivity (Wildman–Crippen MR) is 58.6 cm³/mol. The smallest absolute Gasteiger partial charge is 0.226 e. The van der Waals surface area contributed by atoms with Gasteiger partial charge in [-0.2, -0.15) is 0 Å². The molecule has 82 valence electrons. The minimum absolute atomic E-state index is 0.0934. The van der Waals surface area contributed by atoms with Gasteiger partial charge in [-0.15, -0.1) is 0 Å². The number of hydrogen-bond acceptors (Lipinski definition) is 3. The van der Waals surface area contributed by atoms with Crippen LogP contribution in [-0.4, -0.2) is 30.8 Å². The van der Waals surface area contributed by atoms with Crippen molar-refractivity contribution in [3.8, 4) is 0 Å². The molecule has 1 saturated carbocycles. The largest absolute Gasteiger partial charge is 0.362 e. The molecule has 0 saturated heterocycles. The first-order chi connectivity index (χ1) is 6.72. The number of nitrogens with two attached hydrogens (primary N) is 1. The van der Waals surface area contributed by atoms with Crippen LogP contribution in [0.15, 0.2) is 0 Å². The maximum absolute atomic E-state index is 11.4. The summed E-state index contributed by atoms with van der Waals surface area (Å²) in [4.78, 5) is 11.4. The first-order valence-electron chi connectivity index (χ1n) is 5.12. The van der Waals surface area contributed by atoms with Crippen LogP contribution in [0.1, 0.15) is 26.2 Å². The summed E-state index contributed by atoms with van der Waals surface area (Å²) in [6.07, 6.45) is 3.45. The van der Waals surface area contributed by atoms with Crippen molar-refractivity contribution in [2.45, 2.75) is 38.3 Å². The Balaban J connectivity index is 2.08. The Morgan fingerprint density at radius 3 is 3.00 bits per heavy atom. The van der Waals surface area contributed by atoms with E-state index in [1.54, 1.807) is 0 Å². The number of nitrogens with one attached hydrogen (secondary N) is 1. The molecular formula is C9H19N2O2P. The van der Waals surface area contributed by atoms with E-state index >= 15 is 0 Å². The molecule has 0 radical (unpaired) electrons. The van der Waals surface area contributed by atoms with E-state index < -0.39 is 0 Å². The highest BCUT2D eigenvalue weighted by atomic mass is 31.1. The van der Waals surface area contributed by atoms with Crippen LogP contribution in [-0.2, 0) is 9.32 Å². The molecule has 14 heavy (non-hydrogen) atoms. The molecule has 1 amide bonds. The first-order valence-corrected chi connectivity index (χ1v) is 6.23. The third kappa shape index (κ3) is 4.36. The van der Waals surface area contributed by atoms with E-state index in [0.717, 1.165) is 19.3 Å². The van der Waals surface area contributed by atoms with Gasteiger partial charge in [-0.05, 0) is 26.2 Å². The van der Waals surface area contributed by atoms with Crippen LogP contribution >= 0.6 is 8.81 Å². The van der Waals surface area contributed by atoms with Crippen molar-refractivity contribution in [2.75, 3.05) is 12.8 Å². The van der Waals surface area contributed by atoms with E-state index in [2.05, 4.69) is 5.32 Å². The van der Waals surface area contributed by atoms with E-state index in [9.17, 15) is 4.79 Å². The maximum Gasteiger partial charge on any atom is 0.226 e. The quantitative estimate of drug-likeness (QED) is 0.525. The van der Waals surface area contributed by atoms with Gasteiger partial charge < -0.3 is 15.6 Å². The van der Waals surface area contributed by atoms with Crippen LogP contribution in [0.25, 0.3) is 0 Å². The zero-order valence-electron chi connectivity index (χ0n) is 8.58. The summed E-state index contributed by atoms with van der Waals surface area (Å²) < 4.78 is 5.13. The minimum atomic E-state index is 0.0934. The maximum atomic E-state index is 11.4. The van der Waals surface area contributed by atoms with Crippen LogP contribution in [0, 0.1) is 0 Å². The van der Waals surface area contributed by atoms with E-state index in [4.69, 9.17) is 10.3 Å².